The van der Waals surface area contributed by atoms with Crippen molar-refractivity contribution in [1.82, 2.24) is 0 Å². The highest BCUT2D eigenvalue weighted by atomic mass is 35.5. The van der Waals surface area contributed by atoms with Gasteiger partial charge in [0.05, 0.1) is 10.0 Å². The van der Waals surface area contributed by atoms with Crippen molar-refractivity contribution in [3.63, 3.8) is 0 Å². The maximum Gasteiger partial charge on any atom is 0.203 e. The van der Waals surface area contributed by atoms with Crippen LogP contribution in [0.4, 0.5) is 11.6 Å². The van der Waals surface area contributed by atoms with E-state index in [4.69, 9.17) is 27.6 Å². The number of aromatic hydroxyl groups is 1. The molecular weight excluding hydrogens is 309 g/mol. The van der Waals surface area contributed by atoms with Gasteiger partial charge in [0.25, 0.3) is 0 Å². The minimum Gasteiger partial charge on any atom is -0.505 e. The SMILES string of the molecule is Cc1c(N(C)c2ccccc2)oc2cc(Cl)c(O)c(Cl)c12. The number of benzene rings is 2. The van der Waals surface area contributed by atoms with Crippen molar-refractivity contribution in [2.75, 3.05) is 11.9 Å². The minimum absolute atomic E-state index is 0.122. The van der Waals surface area contributed by atoms with Gasteiger partial charge < -0.3 is 14.4 Å². The van der Waals surface area contributed by atoms with Gasteiger partial charge in [-0.3, -0.25) is 0 Å². The number of phenols is 1. The molecule has 0 unspecified atom stereocenters. The molecule has 0 aliphatic heterocycles. The Balaban J connectivity index is 2.21. The fourth-order valence-corrected chi connectivity index (χ4v) is 2.97. The Morgan fingerprint density at radius 1 is 1.14 bits per heavy atom. The van der Waals surface area contributed by atoms with E-state index < -0.39 is 0 Å². The number of hydrogen-bond donors (Lipinski definition) is 1. The highest BCUT2D eigenvalue weighted by molar-refractivity contribution is 6.41. The molecule has 0 spiro atoms. The van der Waals surface area contributed by atoms with Crippen LogP contribution >= 0.6 is 23.2 Å². The molecule has 0 saturated carbocycles. The van der Waals surface area contributed by atoms with Gasteiger partial charge in [0.1, 0.15) is 5.58 Å². The molecule has 2 aromatic carbocycles. The van der Waals surface area contributed by atoms with Crippen LogP contribution in [0.2, 0.25) is 10.0 Å². The molecule has 0 aliphatic rings. The van der Waals surface area contributed by atoms with E-state index in [0.717, 1.165) is 11.3 Å². The molecule has 3 rings (SSSR count). The molecule has 21 heavy (non-hydrogen) atoms. The minimum atomic E-state index is -0.122. The quantitative estimate of drug-likeness (QED) is 0.675. The number of halogens is 2. The molecule has 5 heteroatoms. The Kier molecular flexibility index (Phi) is 3.47. The number of furan rings is 1. The van der Waals surface area contributed by atoms with Crippen LogP contribution in [-0.4, -0.2) is 12.2 Å². The van der Waals surface area contributed by atoms with Crippen molar-refractivity contribution in [1.29, 1.82) is 0 Å². The number of para-hydroxylation sites is 1. The highest BCUT2D eigenvalue weighted by Gasteiger charge is 2.21. The lowest BCUT2D eigenvalue weighted by Gasteiger charge is -2.16. The Morgan fingerprint density at radius 2 is 1.81 bits per heavy atom. The van der Waals surface area contributed by atoms with Gasteiger partial charge in [-0.25, -0.2) is 0 Å². The van der Waals surface area contributed by atoms with Crippen molar-refractivity contribution in [3.8, 4) is 5.75 Å². The van der Waals surface area contributed by atoms with E-state index in [1.165, 1.54) is 0 Å². The van der Waals surface area contributed by atoms with Crippen molar-refractivity contribution < 1.29 is 9.52 Å². The molecule has 0 saturated heterocycles. The monoisotopic (exact) mass is 321 g/mol. The van der Waals surface area contributed by atoms with E-state index in [9.17, 15) is 5.11 Å². The van der Waals surface area contributed by atoms with Crippen molar-refractivity contribution >= 4 is 45.7 Å². The fourth-order valence-electron chi connectivity index (χ4n) is 2.39. The first-order valence-electron chi connectivity index (χ1n) is 6.39. The molecule has 0 radical (unpaired) electrons. The van der Waals surface area contributed by atoms with Gasteiger partial charge in [0, 0.05) is 29.8 Å². The zero-order chi connectivity index (χ0) is 15.1. The van der Waals surface area contributed by atoms with Crippen molar-refractivity contribution in [3.05, 3.63) is 52.0 Å². The summed E-state index contributed by atoms with van der Waals surface area (Å²) in [4.78, 5) is 1.93. The summed E-state index contributed by atoms with van der Waals surface area (Å²) in [5.41, 5.74) is 2.40. The van der Waals surface area contributed by atoms with Gasteiger partial charge in [0.2, 0.25) is 5.88 Å². The van der Waals surface area contributed by atoms with Gasteiger partial charge in [-0.05, 0) is 19.1 Å². The average molecular weight is 322 g/mol. The van der Waals surface area contributed by atoms with Gasteiger partial charge in [-0.1, -0.05) is 41.4 Å². The summed E-state index contributed by atoms with van der Waals surface area (Å²) in [6.45, 7) is 1.90. The molecule has 0 fully saturated rings. The number of rotatable bonds is 2. The number of fused-ring (bicyclic) bond motifs is 1. The van der Waals surface area contributed by atoms with E-state index in [0.29, 0.717) is 16.9 Å². The molecule has 3 aromatic rings. The van der Waals surface area contributed by atoms with Gasteiger partial charge in [0.15, 0.2) is 5.75 Å². The van der Waals surface area contributed by atoms with E-state index in [-0.39, 0.29) is 15.8 Å². The van der Waals surface area contributed by atoms with Gasteiger partial charge in [-0.15, -0.1) is 0 Å². The normalized spacial score (nSPS) is 11.0. The lowest BCUT2D eigenvalue weighted by atomic mass is 10.1. The summed E-state index contributed by atoms with van der Waals surface area (Å²) in [5, 5.41) is 10.9. The zero-order valence-corrected chi connectivity index (χ0v) is 13.0. The lowest BCUT2D eigenvalue weighted by molar-refractivity contribution is 0.476. The van der Waals surface area contributed by atoms with E-state index in [1.54, 1.807) is 6.07 Å². The van der Waals surface area contributed by atoms with Crippen LogP contribution in [0.5, 0.6) is 5.75 Å². The molecule has 1 N–H and O–H groups in total. The molecule has 0 atom stereocenters. The lowest BCUT2D eigenvalue weighted by Crippen LogP contribution is -2.09. The first-order chi connectivity index (χ1) is 10.0. The number of nitrogens with zero attached hydrogens (tertiary/aromatic N) is 1. The highest BCUT2D eigenvalue weighted by Crippen LogP contribution is 2.44. The second-order valence-electron chi connectivity index (χ2n) is 4.82. The molecule has 0 bridgehead atoms. The van der Waals surface area contributed by atoms with Crippen LogP contribution in [0.15, 0.2) is 40.8 Å². The second-order valence-corrected chi connectivity index (χ2v) is 5.61. The Hall–Kier alpha value is -1.84. The molecular formula is C16H13Cl2NO2. The Bertz CT molecular complexity index is 812. The van der Waals surface area contributed by atoms with E-state index in [2.05, 4.69) is 0 Å². The van der Waals surface area contributed by atoms with Crippen molar-refractivity contribution in [2.24, 2.45) is 0 Å². The smallest absolute Gasteiger partial charge is 0.203 e. The molecule has 0 amide bonds. The first kappa shape index (κ1) is 14.1. The predicted octanol–water partition coefficient (Wildman–Crippen LogP) is 5.52. The third-order valence-electron chi connectivity index (χ3n) is 3.51. The number of aryl methyl sites for hydroxylation is 1. The number of hydrogen-bond acceptors (Lipinski definition) is 3. The van der Waals surface area contributed by atoms with Gasteiger partial charge in [-0.2, -0.15) is 0 Å². The third kappa shape index (κ3) is 2.23. The van der Waals surface area contributed by atoms with E-state index >= 15 is 0 Å². The number of anilines is 2. The van der Waals surface area contributed by atoms with Crippen molar-refractivity contribution in [2.45, 2.75) is 6.92 Å². The Labute approximate surface area is 132 Å². The standard InChI is InChI=1S/C16H13Cl2NO2/c1-9-13-12(8-11(17)15(20)14(13)18)21-16(9)19(2)10-6-4-3-5-7-10/h3-8,20H,1-2H3. The summed E-state index contributed by atoms with van der Waals surface area (Å²) in [6, 6.07) is 11.4. The molecule has 3 nitrogen and oxygen atoms in total. The largest absolute Gasteiger partial charge is 0.505 e. The van der Waals surface area contributed by atoms with Gasteiger partial charge >= 0.3 is 0 Å². The average Bonchev–Trinajstić information content (AvgIpc) is 2.82. The Morgan fingerprint density at radius 3 is 2.48 bits per heavy atom. The molecule has 0 aliphatic carbocycles. The van der Waals surface area contributed by atoms with Crippen LogP contribution in [0.1, 0.15) is 5.56 Å². The molecule has 108 valence electrons. The predicted molar refractivity (Wildman–Crippen MR) is 87.1 cm³/mol. The first-order valence-corrected chi connectivity index (χ1v) is 7.15. The third-order valence-corrected chi connectivity index (χ3v) is 4.16. The van der Waals surface area contributed by atoms with Crippen LogP contribution in [-0.2, 0) is 0 Å². The van der Waals surface area contributed by atoms with Crippen LogP contribution in [0, 0.1) is 6.92 Å². The topological polar surface area (TPSA) is 36.6 Å². The summed E-state index contributed by atoms with van der Waals surface area (Å²) in [6.07, 6.45) is 0. The molecule has 1 aromatic heterocycles. The maximum absolute atomic E-state index is 9.87. The zero-order valence-electron chi connectivity index (χ0n) is 11.5. The van der Waals surface area contributed by atoms with Crippen LogP contribution in [0.3, 0.4) is 0 Å². The molecule has 1 heterocycles. The van der Waals surface area contributed by atoms with Crippen LogP contribution in [0.25, 0.3) is 11.0 Å². The summed E-state index contributed by atoms with van der Waals surface area (Å²) in [7, 11) is 1.91. The number of phenolic OH excluding ortho intramolecular Hbond substituents is 1. The fraction of sp³-hybridized carbons (Fsp3) is 0.125. The summed E-state index contributed by atoms with van der Waals surface area (Å²) in [5.74, 6) is 0.545. The summed E-state index contributed by atoms with van der Waals surface area (Å²) < 4.78 is 5.88. The van der Waals surface area contributed by atoms with Crippen LogP contribution < -0.4 is 4.90 Å². The second kappa shape index (κ2) is 5.17. The summed E-state index contributed by atoms with van der Waals surface area (Å²) >= 11 is 12.1. The van der Waals surface area contributed by atoms with E-state index in [1.807, 2.05) is 49.2 Å². The maximum atomic E-state index is 9.87.